The van der Waals surface area contributed by atoms with Crippen molar-refractivity contribution >= 4 is 0 Å². The second kappa shape index (κ2) is 4.70. The Bertz CT molecular complexity index is 479. The first kappa shape index (κ1) is 13.8. The van der Waals surface area contributed by atoms with Gasteiger partial charge in [0, 0.05) is 26.1 Å². The van der Waals surface area contributed by atoms with Gasteiger partial charge < -0.3 is 10.0 Å². The maximum absolute atomic E-state index is 12.7. The van der Waals surface area contributed by atoms with E-state index in [0.717, 1.165) is 18.7 Å². The number of hydrogen-bond acceptors (Lipinski definition) is 4. The highest BCUT2D eigenvalue weighted by Gasteiger charge is 2.54. The van der Waals surface area contributed by atoms with Crippen molar-refractivity contribution in [3.05, 3.63) is 12.2 Å². The molecule has 2 aliphatic rings. The van der Waals surface area contributed by atoms with Gasteiger partial charge in [0.25, 0.3) is 0 Å². The number of aromatic nitrogens is 3. The topological polar surface area (TPSA) is 54.2 Å². The maximum atomic E-state index is 12.7. The van der Waals surface area contributed by atoms with E-state index < -0.39 is 11.8 Å². The summed E-state index contributed by atoms with van der Waals surface area (Å²) in [7, 11) is 0. The number of hydrogen-bond donors (Lipinski definition) is 1. The average Bonchev–Trinajstić information content (AvgIpc) is 2.95. The molecule has 0 saturated carbocycles. The summed E-state index contributed by atoms with van der Waals surface area (Å²) in [6.07, 6.45) is -1.74. The Morgan fingerprint density at radius 3 is 2.70 bits per heavy atom. The zero-order valence-corrected chi connectivity index (χ0v) is 11.0. The third-order valence-electron chi connectivity index (χ3n) is 4.37. The van der Waals surface area contributed by atoms with Crippen molar-refractivity contribution in [2.75, 3.05) is 19.6 Å². The Morgan fingerprint density at radius 1 is 1.35 bits per heavy atom. The van der Waals surface area contributed by atoms with Gasteiger partial charge in [-0.2, -0.15) is 18.3 Å². The molecular formula is C12H17F3N4O. The Hall–Kier alpha value is -1.15. The summed E-state index contributed by atoms with van der Waals surface area (Å²) in [6, 6.07) is 0.185. The fourth-order valence-corrected chi connectivity index (χ4v) is 3.03. The van der Waals surface area contributed by atoms with E-state index in [9.17, 15) is 18.3 Å². The summed E-state index contributed by atoms with van der Waals surface area (Å²) < 4.78 is 40.0. The normalized spacial score (nSPS) is 26.7. The van der Waals surface area contributed by atoms with Crippen LogP contribution in [-0.4, -0.2) is 56.2 Å². The van der Waals surface area contributed by atoms with Crippen molar-refractivity contribution in [1.82, 2.24) is 19.7 Å². The van der Waals surface area contributed by atoms with Crippen molar-refractivity contribution in [2.45, 2.75) is 43.5 Å². The van der Waals surface area contributed by atoms with Crippen LogP contribution in [0, 0.1) is 0 Å². The van der Waals surface area contributed by atoms with E-state index in [4.69, 9.17) is 0 Å². The van der Waals surface area contributed by atoms with Gasteiger partial charge in [0.05, 0.1) is 6.04 Å². The minimum atomic E-state index is -4.54. The molecule has 20 heavy (non-hydrogen) atoms. The predicted molar refractivity (Wildman–Crippen MR) is 64.1 cm³/mol. The number of nitrogens with zero attached hydrogens (tertiary/aromatic N) is 4. The van der Waals surface area contributed by atoms with Crippen molar-refractivity contribution < 1.29 is 18.3 Å². The summed E-state index contributed by atoms with van der Waals surface area (Å²) in [5.74, 6) is 0.943. The fraction of sp³-hybridized carbons (Fsp3) is 0.833. The maximum Gasteiger partial charge on any atom is 0.417 e. The lowest BCUT2D eigenvalue weighted by atomic mass is 9.90. The van der Waals surface area contributed by atoms with E-state index in [1.54, 1.807) is 0 Å². The molecule has 1 N–H and O–H groups in total. The molecular weight excluding hydrogens is 273 g/mol. The SMILES string of the molecule is OC1(C(F)(F)F)CCN(CC2CCc3ncnn32)CC1. The van der Waals surface area contributed by atoms with Crippen LogP contribution in [0.2, 0.25) is 0 Å². The number of piperidine rings is 1. The van der Waals surface area contributed by atoms with Crippen LogP contribution in [0.1, 0.15) is 31.1 Å². The van der Waals surface area contributed by atoms with Gasteiger partial charge >= 0.3 is 6.18 Å². The summed E-state index contributed by atoms with van der Waals surface area (Å²) in [5.41, 5.74) is -2.52. The first-order chi connectivity index (χ1) is 9.39. The molecule has 3 rings (SSSR count). The second-order valence-corrected chi connectivity index (χ2v) is 5.64. The summed E-state index contributed by atoms with van der Waals surface area (Å²) in [6.45, 7) is 1.19. The number of likely N-dealkylation sites (tertiary alicyclic amines) is 1. The van der Waals surface area contributed by atoms with E-state index in [1.165, 1.54) is 6.33 Å². The molecule has 1 saturated heterocycles. The van der Waals surface area contributed by atoms with Gasteiger partial charge in [0.1, 0.15) is 12.2 Å². The van der Waals surface area contributed by atoms with Crippen molar-refractivity contribution in [2.24, 2.45) is 0 Å². The standard InChI is InChI=1S/C12H17F3N4O/c13-12(14,15)11(20)3-5-18(6-4-11)7-9-1-2-10-16-8-17-19(9)10/h8-9,20H,1-7H2. The largest absolute Gasteiger partial charge is 0.417 e. The molecule has 1 fully saturated rings. The zero-order valence-electron chi connectivity index (χ0n) is 11.0. The smallest absolute Gasteiger partial charge is 0.380 e. The summed E-state index contributed by atoms with van der Waals surface area (Å²) in [5, 5.41) is 13.8. The van der Waals surface area contributed by atoms with Crippen LogP contribution >= 0.6 is 0 Å². The molecule has 0 amide bonds. The van der Waals surface area contributed by atoms with Crippen LogP contribution in [-0.2, 0) is 6.42 Å². The molecule has 1 aromatic rings. The van der Waals surface area contributed by atoms with Gasteiger partial charge in [-0.1, -0.05) is 0 Å². The van der Waals surface area contributed by atoms with Gasteiger partial charge in [-0.05, 0) is 19.3 Å². The molecule has 0 aromatic carbocycles. The third kappa shape index (κ3) is 2.31. The van der Waals surface area contributed by atoms with Crippen LogP contribution in [0.3, 0.4) is 0 Å². The molecule has 3 heterocycles. The molecule has 5 nitrogen and oxygen atoms in total. The molecule has 0 aliphatic carbocycles. The molecule has 8 heteroatoms. The summed E-state index contributed by atoms with van der Waals surface area (Å²) >= 11 is 0. The third-order valence-corrected chi connectivity index (χ3v) is 4.37. The van der Waals surface area contributed by atoms with E-state index >= 15 is 0 Å². The van der Waals surface area contributed by atoms with Crippen LogP contribution in [0.5, 0.6) is 0 Å². The van der Waals surface area contributed by atoms with Crippen LogP contribution in [0.25, 0.3) is 0 Å². The second-order valence-electron chi connectivity index (χ2n) is 5.64. The molecule has 1 unspecified atom stereocenters. The first-order valence-electron chi connectivity index (χ1n) is 6.79. The molecule has 0 bridgehead atoms. The number of aryl methyl sites for hydroxylation is 1. The highest BCUT2D eigenvalue weighted by molar-refractivity contribution is 4.97. The average molecular weight is 290 g/mol. The number of fused-ring (bicyclic) bond motifs is 1. The Labute approximate surface area is 114 Å². The number of halogens is 3. The van der Waals surface area contributed by atoms with Crippen molar-refractivity contribution in [1.29, 1.82) is 0 Å². The lowest BCUT2D eigenvalue weighted by molar-refractivity contribution is -0.272. The highest BCUT2D eigenvalue weighted by Crippen LogP contribution is 2.38. The van der Waals surface area contributed by atoms with E-state index in [2.05, 4.69) is 10.1 Å². The van der Waals surface area contributed by atoms with Crippen molar-refractivity contribution in [3.63, 3.8) is 0 Å². The lowest BCUT2D eigenvalue weighted by Gasteiger charge is -2.39. The quantitative estimate of drug-likeness (QED) is 0.888. The Morgan fingerprint density at radius 2 is 2.05 bits per heavy atom. The van der Waals surface area contributed by atoms with E-state index in [1.807, 2.05) is 9.58 Å². The molecule has 2 aliphatic heterocycles. The lowest BCUT2D eigenvalue weighted by Crippen LogP contribution is -2.53. The molecule has 1 aromatic heterocycles. The molecule has 0 radical (unpaired) electrons. The number of alkyl halides is 3. The highest BCUT2D eigenvalue weighted by atomic mass is 19.4. The van der Waals surface area contributed by atoms with E-state index in [-0.39, 0.29) is 32.0 Å². The first-order valence-corrected chi connectivity index (χ1v) is 6.79. The molecule has 112 valence electrons. The zero-order chi connectivity index (χ0) is 14.4. The van der Waals surface area contributed by atoms with Crippen LogP contribution in [0.4, 0.5) is 13.2 Å². The monoisotopic (exact) mass is 290 g/mol. The van der Waals surface area contributed by atoms with Gasteiger partial charge in [0.2, 0.25) is 0 Å². The van der Waals surface area contributed by atoms with E-state index in [0.29, 0.717) is 6.54 Å². The predicted octanol–water partition coefficient (Wildman–Crippen LogP) is 1.15. The summed E-state index contributed by atoms with van der Waals surface area (Å²) in [4.78, 5) is 6.11. The number of rotatable bonds is 2. The van der Waals surface area contributed by atoms with Gasteiger partial charge in [-0.25, -0.2) is 9.67 Å². The van der Waals surface area contributed by atoms with Crippen LogP contribution in [0.15, 0.2) is 6.33 Å². The number of aliphatic hydroxyl groups is 1. The minimum Gasteiger partial charge on any atom is -0.380 e. The minimum absolute atomic E-state index is 0.185. The Kier molecular flexibility index (Phi) is 3.24. The van der Waals surface area contributed by atoms with Crippen molar-refractivity contribution in [3.8, 4) is 0 Å². The van der Waals surface area contributed by atoms with Gasteiger partial charge in [-0.3, -0.25) is 0 Å². The van der Waals surface area contributed by atoms with Gasteiger partial charge in [0.15, 0.2) is 5.60 Å². The fourth-order valence-electron chi connectivity index (χ4n) is 3.03. The van der Waals surface area contributed by atoms with Gasteiger partial charge in [-0.15, -0.1) is 0 Å². The molecule has 0 spiro atoms. The van der Waals surface area contributed by atoms with Crippen LogP contribution < -0.4 is 0 Å². The molecule has 1 atom stereocenters. The Balaban J connectivity index is 1.58.